The number of carbonyl (C=O) groups is 1. The average Bonchev–Trinajstić information content (AvgIpc) is 3.01. The van der Waals surface area contributed by atoms with Crippen LogP contribution in [0.25, 0.3) is 0 Å². The van der Waals surface area contributed by atoms with Crippen molar-refractivity contribution in [3.05, 3.63) is 63.3 Å². The smallest absolute Gasteiger partial charge is 0.257 e. The molecular formula is C23H28FN3O4. The van der Waals surface area contributed by atoms with E-state index in [4.69, 9.17) is 9.47 Å². The van der Waals surface area contributed by atoms with E-state index >= 15 is 0 Å². The molecule has 0 bridgehead atoms. The highest BCUT2D eigenvalue weighted by Gasteiger charge is 2.28. The van der Waals surface area contributed by atoms with E-state index in [2.05, 4.69) is 10.2 Å². The van der Waals surface area contributed by atoms with Crippen molar-refractivity contribution >= 4 is 5.91 Å². The molecule has 7 nitrogen and oxygen atoms in total. The third-order valence-corrected chi connectivity index (χ3v) is 6.12. The highest BCUT2D eigenvalue weighted by Crippen LogP contribution is 2.24. The Morgan fingerprint density at radius 2 is 2.03 bits per heavy atom. The van der Waals surface area contributed by atoms with Gasteiger partial charge in [-0.25, -0.2) is 4.39 Å². The summed E-state index contributed by atoms with van der Waals surface area (Å²) in [5.41, 5.74) is 1.57. The Labute approximate surface area is 180 Å². The number of rotatable bonds is 5. The fourth-order valence-electron chi connectivity index (χ4n) is 4.50. The molecule has 1 aromatic carbocycles. The highest BCUT2D eigenvalue weighted by molar-refractivity contribution is 5.98. The zero-order valence-electron chi connectivity index (χ0n) is 17.7. The second-order valence-electron chi connectivity index (χ2n) is 7.97. The van der Waals surface area contributed by atoms with Crippen LogP contribution in [0, 0.1) is 5.82 Å². The van der Waals surface area contributed by atoms with Crippen molar-refractivity contribution < 1.29 is 18.7 Å². The van der Waals surface area contributed by atoms with Crippen LogP contribution in [0.5, 0.6) is 5.75 Å². The molecule has 0 unspecified atom stereocenters. The van der Waals surface area contributed by atoms with Gasteiger partial charge in [0.1, 0.15) is 17.1 Å². The lowest BCUT2D eigenvalue weighted by molar-refractivity contribution is 0.0347. The van der Waals surface area contributed by atoms with Gasteiger partial charge in [0, 0.05) is 63.6 Å². The number of hydrogen-bond acceptors (Lipinski definition) is 5. The molecule has 2 aromatic rings. The van der Waals surface area contributed by atoms with Crippen LogP contribution in [-0.4, -0.2) is 54.8 Å². The summed E-state index contributed by atoms with van der Waals surface area (Å²) in [4.78, 5) is 28.3. The predicted octanol–water partition coefficient (Wildman–Crippen LogP) is 1.96. The third kappa shape index (κ3) is 4.80. The molecule has 0 atom stereocenters. The average molecular weight is 429 g/mol. The molecular weight excluding hydrogens is 401 g/mol. The molecule has 0 saturated carbocycles. The van der Waals surface area contributed by atoms with Crippen LogP contribution in [0.4, 0.5) is 4.39 Å². The lowest BCUT2D eigenvalue weighted by Crippen LogP contribution is -2.41. The number of pyridine rings is 1. The number of ether oxygens (including phenoxy) is 2. The molecule has 166 valence electrons. The number of fused-ring (bicyclic) bond motifs is 1. The number of hydrogen-bond donors (Lipinski definition) is 1. The number of halogens is 1. The van der Waals surface area contributed by atoms with Gasteiger partial charge in [-0.05, 0) is 30.5 Å². The van der Waals surface area contributed by atoms with Crippen molar-refractivity contribution in [1.82, 2.24) is 14.8 Å². The predicted molar refractivity (Wildman–Crippen MR) is 114 cm³/mol. The minimum absolute atomic E-state index is 0.164. The molecule has 31 heavy (non-hydrogen) atoms. The largest absolute Gasteiger partial charge is 0.496 e. The van der Waals surface area contributed by atoms with E-state index in [1.54, 1.807) is 16.7 Å². The molecule has 0 aliphatic carbocycles. The Balaban J connectivity index is 1.58. The molecule has 8 heteroatoms. The van der Waals surface area contributed by atoms with Crippen LogP contribution in [0.3, 0.4) is 0 Å². The normalized spacial score (nSPS) is 17.6. The van der Waals surface area contributed by atoms with Crippen LogP contribution in [0.15, 0.2) is 35.1 Å². The Bertz CT molecular complexity index is 1000. The van der Waals surface area contributed by atoms with Crippen molar-refractivity contribution in [2.75, 3.05) is 33.4 Å². The summed E-state index contributed by atoms with van der Waals surface area (Å²) >= 11 is 0. The molecule has 2 aliphatic rings. The van der Waals surface area contributed by atoms with Crippen molar-refractivity contribution in [2.45, 2.75) is 38.4 Å². The van der Waals surface area contributed by atoms with Gasteiger partial charge >= 0.3 is 0 Å². The summed E-state index contributed by atoms with van der Waals surface area (Å²) in [6.45, 7) is 3.76. The van der Waals surface area contributed by atoms with E-state index in [-0.39, 0.29) is 29.6 Å². The first-order chi connectivity index (χ1) is 15.1. The highest BCUT2D eigenvalue weighted by atomic mass is 19.1. The fourth-order valence-corrected chi connectivity index (χ4v) is 4.50. The maximum atomic E-state index is 13.5. The number of benzene rings is 1. The van der Waals surface area contributed by atoms with Crippen LogP contribution in [-0.2, 0) is 24.2 Å². The van der Waals surface area contributed by atoms with Crippen LogP contribution >= 0.6 is 0 Å². The van der Waals surface area contributed by atoms with Crippen molar-refractivity contribution in [1.29, 1.82) is 0 Å². The van der Waals surface area contributed by atoms with Gasteiger partial charge < -0.3 is 19.4 Å². The quantitative estimate of drug-likeness (QED) is 0.787. The molecule has 4 rings (SSSR count). The summed E-state index contributed by atoms with van der Waals surface area (Å²) in [6.07, 6.45) is 2.54. The SMILES string of the molecule is COc1cc(=O)n2c(c1C(=O)NCc1cccc(F)c1)CCN(C1CCOCC1)CC2. The van der Waals surface area contributed by atoms with Gasteiger partial charge in [0.25, 0.3) is 11.5 Å². The molecule has 3 heterocycles. The van der Waals surface area contributed by atoms with Gasteiger partial charge in [0.2, 0.25) is 0 Å². The molecule has 1 N–H and O–H groups in total. The van der Waals surface area contributed by atoms with Gasteiger partial charge in [-0.3, -0.25) is 14.5 Å². The van der Waals surface area contributed by atoms with Gasteiger partial charge in [-0.15, -0.1) is 0 Å². The Morgan fingerprint density at radius 1 is 1.23 bits per heavy atom. The first-order valence-corrected chi connectivity index (χ1v) is 10.7. The summed E-state index contributed by atoms with van der Waals surface area (Å²) in [5.74, 6) is -0.408. The van der Waals surface area contributed by atoms with Crippen molar-refractivity contribution in [3.63, 3.8) is 0 Å². The third-order valence-electron chi connectivity index (χ3n) is 6.12. The molecule has 1 amide bonds. The summed E-state index contributed by atoms with van der Waals surface area (Å²) < 4.78 is 26.0. The van der Waals surface area contributed by atoms with Crippen molar-refractivity contribution in [2.24, 2.45) is 0 Å². The number of carbonyl (C=O) groups excluding carboxylic acids is 1. The topological polar surface area (TPSA) is 72.8 Å². The fraction of sp³-hybridized carbons (Fsp3) is 0.478. The molecule has 1 aromatic heterocycles. The van der Waals surface area contributed by atoms with Gasteiger partial charge in [-0.1, -0.05) is 12.1 Å². The van der Waals surface area contributed by atoms with Crippen LogP contribution in [0.1, 0.15) is 34.5 Å². The van der Waals surface area contributed by atoms with E-state index in [1.165, 1.54) is 25.3 Å². The Morgan fingerprint density at radius 3 is 2.77 bits per heavy atom. The van der Waals surface area contributed by atoms with Crippen LogP contribution < -0.4 is 15.6 Å². The first-order valence-electron chi connectivity index (χ1n) is 10.7. The lowest BCUT2D eigenvalue weighted by Gasteiger charge is -2.33. The molecule has 0 radical (unpaired) electrons. The number of amides is 1. The number of nitrogens with zero attached hydrogens (tertiary/aromatic N) is 2. The monoisotopic (exact) mass is 429 g/mol. The van der Waals surface area contributed by atoms with E-state index in [0.717, 1.165) is 39.1 Å². The molecule has 1 fully saturated rings. The second kappa shape index (κ2) is 9.62. The van der Waals surface area contributed by atoms with Crippen LogP contribution in [0.2, 0.25) is 0 Å². The van der Waals surface area contributed by atoms with E-state index in [9.17, 15) is 14.0 Å². The first kappa shape index (κ1) is 21.5. The number of methoxy groups -OCH3 is 1. The minimum Gasteiger partial charge on any atom is -0.496 e. The summed E-state index contributed by atoms with van der Waals surface area (Å²) in [7, 11) is 1.46. The molecule has 1 saturated heterocycles. The maximum absolute atomic E-state index is 13.5. The van der Waals surface area contributed by atoms with E-state index in [1.807, 2.05) is 0 Å². The van der Waals surface area contributed by atoms with Gasteiger partial charge in [0.15, 0.2) is 0 Å². The Hall–Kier alpha value is -2.71. The van der Waals surface area contributed by atoms with E-state index < -0.39 is 0 Å². The van der Waals surface area contributed by atoms with Gasteiger partial charge in [0.05, 0.1) is 7.11 Å². The Kier molecular flexibility index (Phi) is 6.67. The zero-order valence-corrected chi connectivity index (χ0v) is 17.7. The molecule has 2 aliphatic heterocycles. The van der Waals surface area contributed by atoms with Gasteiger partial charge in [-0.2, -0.15) is 0 Å². The maximum Gasteiger partial charge on any atom is 0.257 e. The second-order valence-corrected chi connectivity index (χ2v) is 7.97. The minimum atomic E-state index is -0.349. The zero-order chi connectivity index (χ0) is 21.8. The van der Waals surface area contributed by atoms with E-state index in [0.29, 0.717) is 35.8 Å². The number of nitrogens with one attached hydrogen (secondary N) is 1. The summed E-state index contributed by atoms with van der Waals surface area (Å²) in [6, 6.07) is 7.93. The molecule has 0 spiro atoms. The van der Waals surface area contributed by atoms with Crippen molar-refractivity contribution in [3.8, 4) is 5.75 Å². The standard InChI is InChI=1S/C23H28FN3O4/c1-30-20-14-21(28)27-10-9-26(18-6-11-31-12-7-18)8-5-19(27)22(20)23(29)25-15-16-3-2-4-17(24)13-16/h2-4,13-14,18H,5-12,15H2,1H3,(H,25,29). The lowest BCUT2D eigenvalue weighted by atomic mass is 10.1. The summed E-state index contributed by atoms with van der Waals surface area (Å²) in [5, 5.41) is 2.85. The number of aromatic nitrogens is 1.